The van der Waals surface area contributed by atoms with E-state index in [0.29, 0.717) is 21.9 Å². The van der Waals surface area contributed by atoms with Crippen molar-refractivity contribution in [2.75, 3.05) is 11.9 Å². The second-order valence-corrected chi connectivity index (χ2v) is 4.70. The Hall–Kier alpha value is -1.69. The van der Waals surface area contributed by atoms with Crippen molar-refractivity contribution in [3.8, 4) is 11.6 Å². The molecule has 0 saturated carbocycles. The first-order valence-corrected chi connectivity index (χ1v) is 6.67. The SMILES string of the molecule is CCCNc1cc(Oc2ccc(F)c(Br)c2)ncn1. The van der Waals surface area contributed by atoms with Crippen LogP contribution >= 0.6 is 15.9 Å². The van der Waals surface area contributed by atoms with Crippen molar-refractivity contribution < 1.29 is 9.13 Å². The highest BCUT2D eigenvalue weighted by molar-refractivity contribution is 9.10. The highest BCUT2D eigenvalue weighted by atomic mass is 79.9. The van der Waals surface area contributed by atoms with Crippen LogP contribution in [0.25, 0.3) is 0 Å². The number of halogens is 2. The molecule has 0 aliphatic carbocycles. The van der Waals surface area contributed by atoms with Crippen molar-refractivity contribution in [2.24, 2.45) is 0 Å². The zero-order valence-corrected chi connectivity index (χ0v) is 11.9. The zero-order valence-electron chi connectivity index (χ0n) is 10.4. The molecule has 100 valence electrons. The summed E-state index contributed by atoms with van der Waals surface area (Å²) in [6.07, 6.45) is 2.43. The first-order valence-electron chi connectivity index (χ1n) is 5.88. The molecular formula is C13H13BrFN3O. The molecule has 0 atom stereocenters. The number of benzene rings is 1. The molecule has 2 rings (SSSR count). The summed E-state index contributed by atoms with van der Waals surface area (Å²) in [4.78, 5) is 8.09. The minimum Gasteiger partial charge on any atom is -0.439 e. The highest BCUT2D eigenvalue weighted by Crippen LogP contribution is 2.25. The summed E-state index contributed by atoms with van der Waals surface area (Å²) in [7, 11) is 0. The van der Waals surface area contributed by atoms with E-state index in [1.165, 1.54) is 12.4 Å². The van der Waals surface area contributed by atoms with Crippen molar-refractivity contribution in [3.05, 3.63) is 40.9 Å². The molecule has 0 fully saturated rings. The van der Waals surface area contributed by atoms with E-state index in [-0.39, 0.29) is 5.82 Å². The summed E-state index contributed by atoms with van der Waals surface area (Å²) in [6.45, 7) is 2.90. The first-order chi connectivity index (χ1) is 9.19. The lowest BCUT2D eigenvalue weighted by Gasteiger charge is -2.07. The number of nitrogens with zero attached hydrogens (tertiary/aromatic N) is 2. The van der Waals surface area contributed by atoms with Crippen LogP contribution in [-0.4, -0.2) is 16.5 Å². The van der Waals surface area contributed by atoms with Crippen molar-refractivity contribution in [2.45, 2.75) is 13.3 Å². The Morgan fingerprint density at radius 1 is 1.32 bits per heavy atom. The molecular weight excluding hydrogens is 313 g/mol. The Labute approximate surface area is 119 Å². The van der Waals surface area contributed by atoms with Crippen molar-refractivity contribution in [1.82, 2.24) is 9.97 Å². The second-order valence-electron chi connectivity index (χ2n) is 3.85. The fraction of sp³-hybridized carbons (Fsp3) is 0.231. The molecule has 0 spiro atoms. The van der Waals surface area contributed by atoms with Crippen LogP contribution in [0.2, 0.25) is 0 Å². The molecule has 0 aliphatic rings. The molecule has 1 heterocycles. The molecule has 2 aromatic rings. The van der Waals surface area contributed by atoms with Gasteiger partial charge in [-0.15, -0.1) is 0 Å². The average Bonchev–Trinajstić information content (AvgIpc) is 2.41. The van der Waals surface area contributed by atoms with E-state index >= 15 is 0 Å². The maximum Gasteiger partial charge on any atom is 0.224 e. The molecule has 0 unspecified atom stereocenters. The van der Waals surface area contributed by atoms with Gasteiger partial charge in [-0.2, -0.15) is 0 Å². The maximum atomic E-state index is 13.1. The summed E-state index contributed by atoms with van der Waals surface area (Å²) in [5.74, 6) is 1.29. The monoisotopic (exact) mass is 325 g/mol. The standard InChI is InChI=1S/C13H13BrFN3O/c1-2-5-16-12-7-13(18-8-17-12)19-9-3-4-11(15)10(14)6-9/h3-4,6-8H,2,5H2,1H3,(H,16,17,18). The molecule has 1 aromatic heterocycles. The van der Waals surface area contributed by atoms with Crippen LogP contribution in [0.3, 0.4) is 0 Å². The first kappa shape index (κ1) is 13.7. The summed E-state index contributed by atoms with van der Waals surface area (Å²) >= 11 is 3.11. The molecule has 0 amide bonds. The number of rotatable bonds is 5. The van der Waals surface area contributed by atoms with Crippen LogP contribution in [-0.2, 0) is 0 Å². The van der Waals surface area contributed by atoms with E-state index in [4.69, 9.17) is 4.74 Å². The van der Waals surface area contributed by atoms with Gasteiger partial charge in [0.2, 0.25) is 5.88 Å². The van der Waals surface area contributed by atoms with Gasteiger partial charge in [0.15, 0.2) is 0 Å². The largest absolute Gasteiger partial charge is 0.439 e. The van der Waals surface area contributed by atoms with Crippen LogP contribution in [0.5, 0.6) is 11.6 Å². The van der Waals surface area contributed by atoms with E-state index in [1.54, 1.807) is 18.2 Å². The van der Waals surface area contributed by atoms with Crippen molar-refractivity contribution in [1.29, 1.82) is 0 Å². The van der Waals surface area contributed by atoms with Crippen molar-refractivity contribution in [3.63, 3.8) is 0 Å². The molecule has 1 N–H and O–H groups in total. The Kier molecular flexibility index (Phi) is 4.68. The third-order valence-electron chi connectivity index (χ3n) is 2.31. The van der Waals surface area contributed by atoms with E-state index in [2.05, 4.69) is 38.1 Å². The summed E-state index contributed by atoms with van der Waals surface area (Å²) in [5.41, 5.74) is 0. The van der Waals surface area contributed by atoms with Crippen LogP contribution in [0.15, 0.2) is 35.1 Å². The average molecular weight is 326 g/mol. The van der Waals surface area contributed by atoms with Crippen LogP contribution < -0.4 is 10.1 Å². The predicted molar refractivity (Wildman–Crippen MR) is 75.0 cm³/mol. The Morgan fingerprint density at radius 2 is 2.16 bits per heavy atom. The van der Waals surface area contributed by atoms with Crippen LogP contribution in [0.4, 0.5) is 10.2 Å². The Bertz CT molecular complexity index is 565. The van der Waals surface area contributed by atoms with Gasteiger partial charge in [0.05, 0.1) is 4.47 Å². The lowest BCUT2D eigenvalue weighted by atomic mass is 10.3. The molecule has 4 nitrogen and oxygen atoms in total. The summed E-state index contributed by atoms with van der Waals surface area (Å²) < 4.78 is 19.0. The molecule has 0 bridgehead atoms. The number of hydrogen-bond acceptors (Lipinski definition) is 4. The summed E-state index contributed by atoms with van der Waals surface area (Å²) in [5, 5.41) is 3.14. The third-order valence-corrected chi connectivity index (χ3v) is 2.92. The number of aromatic nitrogens is 2. The number of ether oxygens (including phenoxy) is 1. The van der Waals surface area contributed by atoms with Gasteiger partial charge >= 0.3 is 0 Å². The van der Waals surface area contributed by atoms with Gasteiger partial charge in [-0.05, 0) is 40.5 Å². The van der Waals surface area contributed by atoms with Gasteiger partial charge in [-0.1, -0.05) is 6.92 Å². The van der Waals surface area contributed by atoms with E-state index in [9.17, 15) is 4.39 Å². The molecule has 0 saturated heterocycles. The van der Waals surface area contributed by atoms with Gasteiger partial charge in [-0.25, -0.2) is 14.4 Å². The second kappa shape index (κ2) is 6.47. The summed E-state index contributed by atoms with van der Waals surface area (Å²) in [6, 6.07) is 6.13. The molecule has 19 heavy (non-hydrogen) atoms. The molecule has 6 heteroatoms. The number of hydrogen-bond donors (Lipinski definition) is 1. The van der Waals surface area contributed by atoms with Crippen LogP contribution in [0, 0.1) is 5.82 Å². The molecule has 1 aromatic carbocycles. The smallest absolute Gasteiger partial charge is 0.224 e. The minimum atomic E-state index is -0.333. The molecule has 0 radical (unpaired) electrons. The molecule has 0 aliphatic heterocycles. The predicted octanol–water partition coefficient (Wildman–Crippen LogP) is 3.99. The highest BCUT2D eigenvalue weighted by Gasteiger charge is 2.04. The topological polar surface area (TPSA) is 47.0 Å². The van der Waals surface area contributed by atoms with Gasteiger partial charge in [-0.3, -0.25) is 0 Å². The number of anilines is 1. The lowest BCUT2D eigenvalue weighted by molar-refractivity contribution is 0.459. The third kappa shape index (κ3) is 3.89. The Balaban J connectivity index is 2.11. The van der Waals surface area contributed by atoms with Gasteiger partial charge < -0.3 is 10.1 Å². The van der Waals surface area contributed by atoms with Gasteiger partial charge in [0, 0.05) is 12.6 Å². The van der Waals surface area contributed by atoms with Crippen LogP contribution in [0.1, 0.15) is 13.3 Å². The zero-order chi connectivity index (χ0) is 13.7. The van der Waals surface area contributed by atoms with Gasteiger partial charge in [0.25, 0.3) is 0 Å². The normalized spacial score (nSPS) is 10.3. The quantitative estimate of drug-likeness (QED) is 0.902. The lowest BCUT2D eigenvalue weighted by Crippen LogP contribution is -2.02. The minimum absolute atomic E-state index is 0.333. The van der Waals surface area contributed by atoms with Crippen molar-refractivity contribution >= 4 is 21.7 Å². The van der Waals surface area contributed by atoms with Gasteiger partial charge in [0.1, 0.15) is 23.7 Å². The van der Waals surface area contributed by atoms with E-state index < -0.39 is 0 Å². The van der Waals surface area contributed by atoms with E-state index in [0.717, 1.165) is 13.0 Å². The van der Waals surface area contributed by atoms with E-state index in [1.807, 2.05) is 0 Å². The maximum absolute atomic E-state index is 13.1. The Morgan fingerprint density at radius 3 is 2.89 bits per heavy atom. The fourth-order valence-electron chi connectivity index (χ4n) is 1.41. The fourth-order valence-corrected chi connectivity index (χ4v) is 1.76. The number of nitrogens with one attached hydrogen (secondary N) is 1.